The second kappa shape index (κ2) is 16.7. The average molecular weight is 875 g/mol. The van der Waals surface area contributed by atoms with E-state index >= 15 is 0 Å². The van der Waals surface area contributed by atoms with E-state index in [-0.39, 0.29) is 0 Å². The number of anilines is 6. The first kappa shape index (κ1) is 40.9. The van der Waals surface area contributed by atoms with Gasteiger partial charge in [0.2, 0.25) is 0 Å². The summed E-state index contributed by atoms with van der Waals surface area (Å²) in [6.07, 6.45) is 0. The van der Waals surface area contributed by atoms with E-state index in [2.05, 4.69) is 277 Å². The number of nitrogens with zero attached hydrogens (tertiary/aromatic N) is 4. The van der Waals surface area contributed by atoms with Gasteiger partial charge in [0.15, 0.2) is 0 Å². The van der Waals surface area contributed by atoms with Crippen LogP contribution in [0.3, 0.4) is 0 Å². The van der Waals surface area contributed by atoms with Gasteiger partial charge in [0.1, 0.15) is 0 Å². The van der Waals surface area contributed by atoms with Crippen LogP contribution in [-0.2, 0) is 0 Å². The molecule has 0 amide bonds. The highest BCUT2D eigenvalue weighted by Crippen LogP contribution is 2.41. The topological polar surface area (TPSA) is 16.3 Å². The lowest BCUT2D eigenvalue weighted by molar-refractivity contribution is 1.04. The quantitative estimate of drug-likeness (QED) is 0.144. The van der Waals surface area contributed by atoms with Crippen molar-refractivity contribution in [2.24, 2.45) is 0 Å². The van der Waals surface area contributed by atoms with Crippen LogP contribution < -0.4 is 9.80 Å². The molecule has 12 aromatic rings. The number of aromatic nitrogens is 2. The van der Waals surface area contributed by atoms with E-state index in [9.17, 15) is 0 Å². The molecule has 0 unspecified atom stereocenters. The average Bonchev–Trinajstić information content (AvgIpc) is 3.80. The maximum absolute atomic E-state index is 2.41. The lowest BCUT2D eigenvalue weighted by Crippen LogP contribution is -2.10. The third-order valence-electron chi connectivity index (χ3n) is 14.1. The van der Waals surface area contributed by atoms with Gasteiger partial charge in [-0.25, -0.2) is 0 Å². The summed E-state index contributed by atoms with van der Waals surface area (Å²) in [5, 5.41) is 7.46. The SMILES string of the molecule is Cc1c(C)n(-c2ccc(N(c3ccccc3)c3ccc4ccccc4c3)cc2)c2ccc(-c3ccc4c(c3)c(C)c(C)n4-c3ccc(N(c4ccccc4)c4ccc5ccccc5c4)cc3)cc12. The molecule has 0 fully saturated rings. The van der Waals surface area contributed by atoms with E-state index in [1.54, 1.807) is 0 Å². The first-order chi connectivity index (χ1) is 33.4. The van der Waals surface area contributed by atoms with Crippen molar-refractivity contribution in [2.45, 2.75) is 27.7 Å². The highest BCUT2D eigenvalue weighted by atomic mass is 15.1. The van der Waals surface area contributed by atoms with Crippen molar-refractivity contribution in [3.63, 3.8) is 0 Å². The van der Waals surface area contributed by atoms with Crippen LogP contribution in [0, 0.1) is 27.7 Å². The predicted molar refractivity (Wildman–Crippen MR) is 289 cm³/mol. The van der Waals surface area contributed by atoms with Crippen molar-refractivity contribution in [1.82, 2.24) is 9.13 Å². The van der Waals surface area contributed by atoms with Crippen LogP contribution in [0.15, 0.2) is 231 Å². The minimum atomic E-state index is 1.11. The van der Waals surface area contributed by atoms with Gasteiger partial charge in [-0.2, -0.15) is 0 Å². The molecule has 2 heterocycles. The standard InChI is InChI=1S/C64H50N4/c1-43-45(3)65(55-29-33-57(34-30-55)67(53-19-7-5-8-20-53)59-27-23-47-15-11-13-17-49(47)39-59)63-37-25-51(41-61(43)63)52-26-38-64-62(42-52)44(2)46(4)66(64)56-31-35-58(36-32-56)68(54-21-9-6-10-22-54)60-28-24-48-16-12-14-18-50(48)40-60/h5-42H,1-4H3. The molecule has 0 atom stereocenters. The lowest BCUT2D eigenvalue weighted by atomic mass is 10.00. The van der Waals surface area contributed by atoms with Gasteiger partial charge < -0.3 is 18.9 Å². The molecule has 0 saturated heterocycles. The number of rotatable bonds is 9. The van der Waals surface area contributed by atoms with E-state index in [4.69, 9.17) is 0 Å². The van der Waals surface area contributed by atoms with Crippen molar-refractivity contribution < 1.29 is 0 Å². The van der Waals surface area contributed by atoms with Gasteiger partial charge in [0, 0.05) is 67.7 Å². The summed E-state index contributed by atoms with van der Waals surface area (Å²) < 4.78 is 4.81. The Morgan fingerprint density at radius 3 is 1.01 bits per heavy atom. The normalized spacial score (nSPS) is 11.5. The van der Waals surface area contributed by atoms with Crippen molar-refractivity contribution in [2.75, 3.05) is 9.80 Å². The Labute approximate surface area is 397 Å². The monoisotopic (exact) mass is 874 g/mol. The van der Waals surface area contributed by atoms with Gasteiger partial charge in [-0.1, -0.05) is 109 Å². The maximum atomic E-state index is 2.41. The van der Waals surface area contributed by atoms with Gasteiger partial charge in [0.25, 0.3) is 0 Å². The summed E-state index contributed by atoms with van der Waals surface area (Å²) in [5.41, 5.74) is 19.0. The number of para-hydroxylation sites is 2. The molecule has 0 N–H and O–H groups in total. The van der Waals surface area contributed by atoms with E-state index in [1.165, 1.54) is 77.0 Å². The maximum Gasteiger partial charge on any atom is 0.0534 e. The highest BCUT2D eigenvalue weighted by Gasteiger charge is 2.19. The molecule has 0 radical (unpaired) electrons. The number of hydrogen-bond acceptors (Lipinski definition) is 2. The lowest BCUT2D eigenvalue weighted by Gasteiger charge is -2.26. The zero-order valence-electron chi connectivity index (χ0n) is 38.7. The Hall–Kier alpha value is -8.60. The summed E-state index contributed by atoms with van der Waals surface area (Å²) in [5.74, 6) is 0. The van der Waals surface area contributed by atoms with Gasteiger partial charge in [-0.05, 0) is 193 Å². The van der Waals surface area contributed by atoms with E-state index in [0.717, 1.165) is 45.5 Å². The van der Waals surface area contributed by atoms with Crippen LogP contribution in [0.2, 0.25) is 0 Å². The summed E-state index contributed by atoms with van der Waals surface area (Å²) in [6, 6.07) is 83.8. The van der Waals surface area contributed by atoms with E-state index < -0.39 is 0 Å². The Bertz CT molecular complexity index is 3570. The zero-order chi connectivity index (χ0) is 45.9. The Balaban J connectivity index is 0.859. The Morgan fingerprint density at radius 2 is 0.618 bits per heavy atom. The second-order valence-corrected chi connectivity index (χ2v) is 18.0. The molecule has 4 heteroatoms. The fraction of sp³-hybridized carbons (Fsp3) is 0.0625. The van der Waals surface area contributed by atoms with E-state index in [1.807, 2.05) is 0 Å². The molecule has 4 nitrogen and oxygen atoms in total. The summed E-state index contributed by atoms with van der Waals surface area (Å²) in [4.78, 5) is 4.68. The van der Waals surface area contributed by atoms with Gasteiger partial charge in [-0.3, -0.25) is 0 Å². The third kappa shape index (κ3) is 7.01. The highest BCUT2D eigenvalue weighted by molar-refractivity contribution is 5.96. The van der Waals surface area contributed by atoms with Crippen LogP contribution in [0.5, 0.6) is 0 Å². The zero-order valence-corrected chi connectivity index (χ0v) is 38.7. The van der Waals surface area contributed by atoms with Gasteiger partial charge in [-0.15, -0.1) is 0 Å². The molecule has 12 rings (SSSR count). The predicted octanol–water partition coefficient (Wildman–Crippen LogP) is 17.7. The molecule has 0 aliphatic rings. The molecule has 0 saturated carbocycles. The van der Waals surface area contributed by atoms with Crippen LogP contribution in [-0.4, -0.2) is 9.13 Å². The molecular formula is C64H50N4. The first-order valence-corrected chi connectivity index (χ1v) is 23.5. The largest absolute Gasteiger partial charge is 0.314 e. The summed E-state index contributed by atoms with van der Waals surface area (Å²) >= 11 is 0. The smallest absolute Gasteiger partial charge is 0.0534 e. The first-order valence-electron chi connectivity index (χ1n) is 23.5. The van der Waals surface area contributed by atoms with Crippen molar-refractivity contribution >= 4 is 77.5 Å². The van der Waals surface area contributed by atoms with Crippen molar-refractivity contribution in [1.29, 1.82) is 0 Å². The van der Waals surface area contributed by atoms with Gasteiger partial charge >= 0.3 is 0 Å². The summed E-state index contributed by atoms with van der Waals surface area (Å²) in [7, 11) is 0. The molecule has 2 aromatic heterocycles. The molecule has 0 spiro atoms. The number of hydrogen-bond donors (Lipinski definition) is 0. The molecule has 0 bridgehead atoms. The number of benzene rings is 10. The third-order valence-corrected chi connectivity index (χ3v) is 14.1. The fourth-order valence-corrected chi connectivity index (χ4v) is 10.4. The molecule has 68 heavy (non-hydrogen) atoms. The minimum absolute atomic E-state index is 1.11. The molecular weight excluding hydrogens is 825 g/mol. The van der Waals surface area contributed by atoms with Crippen LogP contribution in [0.1, 0.15) is 22.5 Å². The number of fused-ring (bicyclic) bond motifs is 4. The number of aryl methyl sites for hydroxylation is 2. The Kier molecular flexibility index (Phi) is 10.0. The van der Waals surface area contributed by atoms with E-state index in [0.29, 0.717) is 0 Å². The van der Waals surface area contributed by atoms with Crippen LogP contribution in [0.4, 0.5) is 34.1 Å². The van der Waals surface area contributed by atoms with Crippen LogP contribution in [0.25, 0.3) is 65.9 Å². The molecule has 10 aromatic carbocycles. The van der Waals surface area contributed by atoms with Crippen molar-refractivity contribution in [3.05, 3.63) is 253 Å². The Morgan fingerprint density at radius 1 is 0.279 bits per heavy atom. The second-order valence-electron chi connectivity index (χ2n) is 18.0. The molecule has 0 aliphatic carbocycles. The fourth-order valence-electron chi connectivity index (χ4n) is 10.4. The molecule has 0 aliphatic heterocycles. The van der Waals surface area contributed by atoms with Crippen LogP contribution >= 0.6 is 0 Å². The summed E-state index contributed by atoms with van der Waals surface area (Å²) in [6.45, 7) is 8.99. The van der Waals surface area contributed by atoms with Crippen molar-refractivity contribution in [3.8, 4) is 22.5 Å². The minimum Gasteiger partial charge on any atom is -0.314 e. The molecule has 326 valence electrons. The van der Waals surface area contributed by atoms with Gasteiger partial charge in [0.05, 0.1) is 11.0 Å².